The third kappa shape index (κ3) is 3.56. The maximum Gasteiger partial charge on any atom is 0.0900 e. The molecule has 2 nitrogen and oxygen atoms in total. The summed E-state index contributed by atoms with van der Waals surface area (Å²) in [6.45, 7) is 7.29. The number of halogens is 1. The fourth-order valence-corrected chi connectivity index (χ4v) is 3.21. The van der Waals surface area contributed by atoms with Crippen LogP contribution in [0.2, 0.25) is 5.02 Å². The smallest absolute Gasteiger partial charge is 0.0900 e. The second-order valence-corrected chi connectivity index (χ2v) is 6.61. The number of aryl methyl sites for hydroxylation is 2. The van der Waals surface area contributed by atoms with Gasteiger partial charge in [-0.1, -0.05) is 23.7 Å². The molecule has 0 aliphatic rings. The zero-order chi connectivity index (χ0) is 14.0. The molecule has 0 bridgehead atoms. The molecule has 0 aliphatic heterocycles. The molecule has 1 aromatic heterocycles. The first-order valence-corrected chi connectivity index (χ1v) is 7.55. The summed E-state index contributed by atoms with van der Waals surface area (Å²) >= 11 is 7.71. The minimum absolute atomic E-state index is 0.360. The number of nitrogens with zero attached hydrogens (tertiary/aromatic N) is 2. The van der Waals surface area contributed by atoms with Gasteiger partial charge in [-0.2, -0.15) is 0 Å². The van der Waals surface area contributed by atoms with Crippen molar-refractivity contribution in [1.29, 1.82) is 0 Å². The lowest BCUT2D eigenvalue weighted by molar-refractivity contribution is 0.254. The van der Waals surface area contributed by atoms with Crippen LogP contribution >= 0.6 is 22.9 Å². The van der Waals surface area contributed by atoms with Crippen LogP contribution in [0.1, 0.15) is 34.1 Å². The Hall–Kier alpha value is -0.900. The molecule has 0 saturated heterocycles. The molecule has 1 atom stereocenters. The van der Waals surface area contributed by atoms with Crippen LogP contribution in [0.25, 0.3) is 0 Å². The van der Waals surface area contributed by atoms with Gasteiger partial charge in [-0.25, -0.2) is 4.98 Å². The van der Waals surface area contributed by atoms with Gasteiger partial charge in [-0.3, -0.25) is 4.90 Å². The van der Waals surface area contributed by atoms with Gasteiger partial charge in [0.15, 0.2) is 0 Å². The van der Waals surface area contributed by atoms with Crippen molar-refractivity contribution >= 4 is 22.9 Å². The van der Waals surface area contributed by atoms with E-state index in [1.165, 1.54) is 10.4 Å². The molecule has 1 heterocycles. The van der Waals surface area contributed by atoms with Gasteiger partial charge < -0.3 is 0 Å². The van der Waals surface area contributed by atoms with Gasteiger partial charge in [0.25, 0.3) is 0 Å². The molecule has 4 heteroatoms. The fraction of sp³-hybridized carbons (Fsp3) is 0.400. The van der Waals surface area contributed by atoms with E-state index in [1.807, 2.05) is 12.1 Å². The number of thiazole rings is 1. The SMILES string of the molecule is Cc1nc(C)c(CN(C)[C@H](C)c2ccc(Cl)cc2)s1. The molecule has 0 saturated carbocycles. The quantitative estimate of drug-likeness (QED) is 0.819. The molecule has 0 N–H and O–H groups in total. The Bertz CT molecular complexity index is 548. The molecule has 2 aromatic rings. The molecule has 0 amide bonds. The maximum absolute atomic E-state index is 5.93. The lowest BCUT2D eigenvalue weighted by atomic mass is 10.1. The van der Waals surface area contributed by atoms with E-state index in [0.29, 0.717) is 6.04 Å². The summed E-state index contributed by atoms with van der Waals surface area (Å²) in [7, 11) is 2.15. The molecular weight excluding hydrogens is 276 g/mol. The highest BCUT2D eigenvalue weighted by atomic mass is 35.5. The van der Waals surface area contributed by atoms with Crippen molar-refractivity contribution in [3.05, 3.63) is 50.4 Å². The molecule has 19 heavy (non-hydrogen) atoms. The largest absolute Gasteiger partial charge is 0.295 e. The minimum atomic E-state index is 0.360. The molecule has 0 fully saturated rings. The van der Waals surface area contributed by atoms with Crippen LogP contribution in [0.5, 0.6) is 0 Å². The molecule has 1 aromatic carbocycles. The van der Waals surface area contributed by atoms with Gasteiger partial charge >= 0.3 is 0 Å². The Kier molecular flexibility index (Phi) is 4.61. The summed E-state index contributed by atoms with van der Waals surface area (Å²) in [5.41, 5.74) is 2.43. The highest BCUT2D eigenvalue weighted by Crippen LogP contribution is 2.25. The maximum atomic E-state index is 5.93. The van der Waals surface area contributed by atoms with E-state index in [0.717, 1.165) is 22.3 Å². The average Bonchev–Trinajstić information content (AvgIpc) is 2.68. The zero-order valence-corrected chi connectivity index (χ0v) is 13.3. The van der Waals surface area contributed by atoms with Crippen molar-refractivity contribution in [2.75, 3.05) is 7.05 Å². The van der Waals surface area contributed by atoms with Crippen LogP contribution in [-0.4, -0.2) is 16.9 Å². The summed E-state index contributed by atoms with van der Waals surface area (Å²) in [6.07, 6.45) is 0. The lowest BCUT2D eigenvalue weighted by Gasteiger charge is -2.24. The first kappa shape index (κ1) is 14.5. The van der Waals surface area contributed by atoms with Crippen LogP contribution in [-0.2, 0) is 6.54 Å². The van der Waals surface area contributed by atoms with Gasteiger partial charge in [0.05, 0.1) is 10.7 Å². The van der Waals surface area contributed by atoms with Crippen molar-refractivity contribution in [3.8, 4) is 0 Å². The molecule has 0 unspecified atom stereocenters. The van der Waals surface area contributed by atoms with Crippen molar-refractivity contribution in [2.24, 2.45) is 0 Å². The number of hydrogen-bond donors (Lipinski definition) is 0. The van der Waals surface area contributed by atoms with Gasteiger partial charge in [0, 0.05) is 22.5 Å². The van der Waals surface area contributed by atoms with Gasteiger partial charge in [-0.15, -0.1) is 11.3 Å². The molecule has 0 spiro atoms. The second kappa shape index (κ2) is 6.04. The number of aromatic nitrogens is 1. The molecule has 102 valence electrons. The van der Waals surface area contributed by atoms with Crippen LogP contribution < -0.4 is 0 Å². The summed E-state index contributed by atoms with van der Waals surface area (Å²) in [4.78, 5) is 8.17. The highest BCUT2D eigenvalue weighted by Gasteiger charge is 2.14. The molecule has 2 rings (SSSR count). The summed E-state index contributed by atoms with van der Waals surface area (Å²) in [5.74, 6) is 0. The Morgan fingerprint density at radius 2 is 1.89 bits per heavy atom. The molecule has 0 aliphatic carbocycles. The molecule has 0 radical (unpaired) electrons. The monoisotopic (exact) mass is 294 g/mol. The van der Waals surface area contributed by atoms with Crippen LogP contribution in [0.15, 0.2) is 24.3 Å². The van der Waals surface area contributed by atoms with E-state index in [9.17, 15) is 0 Å². The van der Waals surface area contributed by atoms with Crippen molar-refractivity contribution in [2.45, 2.75) is 33.4 Å². The van der Waals surface area contributed by atoms with E-state index >= 15 is 0 Å². The Morgan fingerprint density at radius 1 is 1.26 bits per heavy atom. The predicted octanol–water partition coefficient (Wildman–Crippen LogP) is 4.61. The van der Waals surface area contributed by atoms with Crippen molar-refractivity contribution < 1.29 is 0 Å². The third-order valence-corrected chi connectivity index (χ3v) is 4.72. The Morgan fingerprint density at radius 3 is 2.42 bits per heavy atom. The van der Waals surface area contributed by atoms with E-state index in [2.05, 4.69) is 49.8 Å². The average molecular weight is 295 g/mol. The van der Waals surface area contributed by atoms with E-state index in [-0.39, 0.29) is 0 Å². The van der Waals surface area contributed by atoms with Crippen LogP contribution in [0.3, 0.4) is 0 Å². The van der Waals surface area contributed by atoms with Crippen LogP contribution in [0.4, 0.5) is 0 Å². The Labute approximate surface area is 124 Å². The number of rotatable bonds is 4. The van der Waals surface area contributed by atoms with E-state index in [4.69, 9.17) is 11.6 Å². The zero-order valence-electron chi connectivity index (χ0n) is 11.8. The van der Waals surface area contributed by atoms with Crippen molar-refractivity contribution in [3.63, 3.8) is 0 Å². The van der Waals surface area contributed by atoms with Gasteiger partial charge in [0.1, 0.15) is 0 Å². The summed E-state index contributed by atoms with van der Waals surface area (Å²) < 4.78 is 0. The fourth-order valence-electron chi connectivity index (χ4n) is 2.08. The second-order valence-electron chi connectivity index (χ2n) is 4.88. The molecular formula is C15H19ClN2S. The highest BCUT2D eigenvalue weighted by molar-refractivity contribution is 7.11. The van der Waals surface area contributed by atoms with Crippen molar-refractivity contribution in [1.82, 2.24) is 9.88 Å². The first-order valence-electron chi connectivity index (χ1n) is 6.36. The summed E-state index contributed by atoms with van der Waals surface area (Å²) in [6, 6.07) is 8.44. The van der Waals surface area contributed by atoms with E-state index in [1.54, 1.807) is 11.3 Å². The third-order valence-electron chi connectivity index (χ3n) is 3.41. The topological polar surface area (TPSA) is 16.1 Å². The summed E-state index contributed by atoms with van der Waals surface area (Å²) in [5, 5.41) is 1.92. The minimum Gasteiger partial charge on any atom is -0.295 e. The predicted molar refractivity (Wildman–Crippen MR) is 82.9 cm³/mol. The lowest BCUT2D eigenvalue weighted by Crippen LogP contribution is -2.21. The number of benzene rings is 1. The van der Waals surface area contributed by atoms with Crippen LogP contribution in [0, 0.1) is 13.8 Å². The number of hydrogen-bond acceptors (Lipinski definition) is 3. The first-order chi connectivity index (χ1) is 8.97. The van der Waals surface area contributed by atoms with E-state index < -0.39 is 0 Å². The normalized spacial score (nSPS) is 12.9. The Balaban J connectivity index is 2.09. The van der Waals surface area contributed by atoms with Gasteiger partial charge in [0.2, 0.25) is 0 Å². The van der Waals surface area contributed by atoms with Gasteiger partial charge in [-0.05, 0) is 45.5 Å². The standard InChI is InChI=1S/C15H19ClN2S/c1-10-15(19-12(3)17-10)9-18(4)11(2)13-5-7-14(16)8-6-13/h5-8,11H,9H2,1-4H3/t11-/m1/s1.